The van der Waals surface area contributed by atoms with Crippen molar-refractivity contribution in [1.29, 1.82) is 0 Å². The van der Waals surface area contributed by atoms with E-state index in [0.29, 0.717) is 44.2 Å². The molecular weight excluding hydrogens is 396 g/mol. The number of likely N-dealkylation sites (tertiary alicyclic amines) is 1. The third-order valence-electron chi connectivity index (χ3n) is 6.65. The summed E-state index contributed by atoms with van der Waals surface area (Å²) in [5.74, 6) is 1.49. The lowest BCUT2D eigenvalue weighted by Crippen LogP contribution is -2.40. The number of aryl methyl sites for hydroxylation is 4. The van der Waals surface area contributed by atoms with E-state index >= 15 is 0 Å². The van der Waals surface area contributed by atoms with Gasteiger partial charge in [-0.25, -0.2) is 0 Å². The first-order chi connectivity index (χ1) is 14.7. The molecule has 0 aromatic carbocycles. The van der Waals surface area contributed by atoms with Gasteiger partial charge in [0.15, 0.2) is 5.82 Å². The van der Waals surface area contributed by atoms with E-state index in [1.165, 1.54) is 0 Å². The molecule has 2 fully saturated rings. The van der Waals surface area contributed by atoms with Gasteiger partial charge >= 0.3 is 0 Å². The maximum absolute atomic E-state index is 12.6. The molecule has 168 valence electrons. The maximum Gasteiger partial charge on any atom is 0.235 e. The van der Waals surface area contributed by atoms with Crippen LogP contribution in [0.1, 0.15) is 56.2 Å². The molecule has 3 heterocycles. The molecule has 2 amide bonds. The highest BCUT2D eigenvalue weighted by atomic mass is 16.5. The van der Waals surface area contributed by atoms with E-state index in [-0.39, 0.29) is 35.1 Å². The smallest absolute Gasteiger partial charge is 0.235 e. The van der Waals surface area contributed by atoms with Crippen molar-refractivity contribution in [2.45, 2.75) is 71.9 Å². The Bertz CT molecular complexity index is 980. The van der Waals surface area contributed by atoms with E-state index < -0.39 is 0 Å². The molecule has 3 atom stereocenters. The number of amides is 2. The van der Waals surface area contributed by atoms with Crippen LogP contribution in [0.5, 0.6) is 0 Å². The average molecular weight is 429 g/mol. The minimum atomic E-state index is -0.389. The fourth-order valence-electron chi connectivity index (χ4n) is 5.25. The minimum absolute atomic E-state index is 0.0181. The Kier molecular flexibility index (Phi) is 5.61. The summed E-state index contributed by atoms with van der Waals surface area (Å²) in [6.45, 7) is 11.4. The number of rotatable bonds is 6. The van der Waals surface area contributed by atoms with Crippen LogP contribution in [0.3, 0.4) is 0 Å². The van der Waals surface area contributed by atoms with E-state index in [1.54, 1.807) is 6.92 Å². The van der Waals surface area contributed by atoms with Crippen molar-refractivity contribution >= 4 is 11.8 Å². The first-order valence-electron chi connectivity index (χ1n) is 11.1. The Balaban J connectivity index is 1.44. The second-order valence-corrected chi connectivity index (χ2v) is 9.48. The van der Waals surface area contributed by atoms with Crippen LogP contribution in [0, 0.1) is 32.6 Å². The summed E-state index contributed by atoms with van der Waals surface area (Å²) in [6.07, 6.45) is 1.88. The van der Waals surface area contributed by atoms with E-state index in [0.717, 1.165) is 17.8 Å². The zero-order valence-corrected chi connectivity index (χ0v) is 19.0. The fraction of sp³-hybridized carbons (Fsp3) is 0.682. The Morgan fingerprint density at radius 1 is 1.32 bits per heavy atom. The Morgan fingerprint density at radius 3 is 2.71 bits per heavy atom. The Morgan fingerprint density at radius 2 is 2.10 bits per heavy atom. The van der Waals surface area contributed by atoms with Gasteiger partial charge in [-0.05, 0) is 45.6 Å². The number of aromatic nitrogens is 4. The van der Waals surface area contributed by atoms with Crippen LogP contribution < -0.4 is 5.32 Å². The highest BCUT2D eigenvalue weighted by Gasteiger charge is 2.58. The van der Waals surface area contributed by atoms with Gasteiger partial charge in [0.1, 0.15) is 0 Å². The predicted octanol–water partition coefficient (Wildman–Crippen LogP) is 1.91. The molecule has 4 rings (SSSR count). The van der Waals surface area contributed by atoms with Gasteiger partial charge in [-0.3, -0.25) is 14.3 Å². The van der Waals surface area contributed by atoms with Crippen LogP contribution in [0.4, 0.5) is 0 Å². The monoisotopic (exact) mass is 428 g/mol. The fourth-order valence-corrected chi connectivity index (χ4v) is 5.25. The van der Waals surface area contributed by atoms with Gasteiger partial charge in [0.25, 0.3) is 0 Å². The lowest BCUT2D eigenvalue weighted by atomic mass is 9.80. The molecule has 2 aromatic rings. The van der Waals surface area contributed by atoms with Gasteiger partial charge < -0.3 is 14.7 Å². The standard InChI is InChI=1S/C22H32N6O3/c1-13(2)20(30)27-11-17-9-18(10-22(17,12-27)21-23-16(5)26-31-21)24-19(29)6-7-28-15(4)8-14(3)25-28/h8,13,17-18H,6-7,9-12H2,1-5H3,(H,24,29)/t17?,18-,22+/m1/s1. The molecule has 0 bridgehead atoms. The van der Waals surface area contributed by atoms with Crippen molar-refractivity contribution in [3.8, 4) is 0 Å². The predicted molar refractivity (Wildman–Crippen MR) is 113 cm³/mol. The molecule has 1 saturated carbocycles. The van der Waals surface area contributed by atoms with Crippen molar-refractivity contribution in [3.63, 3.8) is 0 Å². The number of hydrogen-bond acceptors (Lipinski definition) is 6. The number of nitrogens with zero attached hydrogens (tertiary/aromatic N) is 5. The largest absolute Gasteiger partial charge is 0.353 e. The van der Waals surface area contributed by atoms with Crippen LogP contribution in [-0.2, 0) is 21.5 Å². The summed E-state index contributed by atoms with van der Waals surface area (Å²) >= 11 is 0. The topological polar surface area (TPSA) is 106 Å². The molecule has 1 unspecified atom stereocenters. The van der Waals surface area contributed by atoms with Crippen LogP contribution in [0.2, 0.25) is 0 Å². The van der Waals surface area contributed by atoms with Gasteiger partial charge in [-0.2, -0.15) is 10.1 Å². The maximum atomic E-state index is 12.6. The molecular formula is C22H32N6O3. The molecule has 1 aliphatic heterocycles. The number of fused-ring (bicyclic) bond motifs is 1. The molecule has 9 nitrogen and oxygen atoms in total. The molecule has 1 saturated heterocycles. The van der Waals surface area contributed by atoms with Crippen molar-refractivity contribution in [1.82, 2.24) is 30.1 Å². The number of carbonyl (C=O) groups is 2. The number of hydrogen-bond donors (Lipinski definition) is 1. The van der Waals surface area contributed by atoms with Crippen molar-refractivity contribution < 1.29 is 14.1 Å². The van der Waals surface area contributed by atoms with Gasteiger partial charge in [0, 0.05) is 43.7 Å². The summed E-state index contributed by atoms with van der Waals surface area (Å²) in [6, 6.07) is 2.04. The Labute approximate surface area is 182 Å². The van der Waals surface area contributed by atoms with Crippen LogP contribution in [0.15, 0.2) is 10.6 Å². The van der Waals surface area contributed by atoms with Gasteiger partial charge in [-0.15, -0.1) is 0 Å². The SMILES string of the molecule is Cc1cc(C)n(CCC(=O)N[C@@H]2CC3CN(C(=O)C(C)C)C[C@@]3(c3nc(C)no3)C2)n1. The first-order valence-corrected chi connectivity index (χ1v) is 11.1. The van der Waals surface area contributed by atoms with Gasteiger partial charge in [0.2, 0.25) is 17.7 Å². The third-order valence-corrected chi connectivity index (χ3v) is 6.65. The second kappa shape index (κ2) is 8.09. The summed E-state index contributed by atoms with van der Waals surface area (Å²) in [5.41, 5.74) is 1.62. The second-order valence-electron chi connectivity index (χ2n) is 9.48. The van der Waals surface area contributed by atoms with Crippen LogP contribution >= 0.6 is 0 Å². The average Bonchev–Trinajstić information content (AvgIpc) is 3.42. The number of nitrogens with one attached hydrogen (secondary N) is 1. The lowest BCUT2D eigenvalue weighted by Gasteiger charge is -2.26. The molecule has 2 aliphatic rings. The van der Waals surface area contributed by atoms with Crippen molar-refractivity contribution in [3.05, 3.63) is 29.2 Å². The summed E-state index contributed by atoms with van der Waals surface area (Å²) in [4.78, 5) is 31.7. The molecule has 1 aliphatic carbocycles. The summed E-state index contributed by atoms with van der Waals surface area (Å²) in [5, 5.41) is 11.6. The van der Waals surface area contributed by atoms with Gasteiger partial charge in [-0.1, -0.05) is 19.0 Å². The quantitative estimate of drug-likeness (QED) is 0.753. The van der Waals surface area contributed by atoms with E-state index in [1.807, 2.05) is 43.3 Å². The van der Waals surface area contributed by atoms with Crippen molar-refractivity contribution in [2.24, 2.45) is 11.8 Å². The minimum Gasteiger partial charge on any atom is -0.353 e. The zero-order chi connectivity index (χ0) is 22.3. The number of carbonyl (C=O) groups excluding carboxylic acids is 2. The highest BCUT2D eigenvalue weighted by molar-refractivity contribution is 5.79. The molecule has 0 radical (unpaired) electrons. The summed E-state index contributed by atoms with van der Waals surface area (Å²) in [7, 11) is 0. The van der Waals surface area contributed by atoms with Crippen molar-refractivity contribution in [2.75, 3.05) is 13.1 Å². The highest BCUT2D eigenvalue weighted by Crippen LogP contribution is 2.50. The summed E-state index contributed by atoms with van der Waals surface area (Å²) < 4.78 is 7.46. The zero-order valence-electron chi connectivity index (χ0n) is 19.0. The Hall–Kier alpha value is -2.71. The normalized spacial score (nSPS) is 25.3. The van der Waals surface area contributed by atoms with E-state index in [9.17, 15) is 9.59 Å². The molecule has 0 spiro atoms. The lowest BCUT2D eigenvalue weighted by molar-refractivity contribution is -0.134. The molecule has 31 heavy (non-hydrogen) atoms. The van der Waals surface area contributed by atoms with Crippen LogP contribution in [-0.4, -0.2) is 55.8 Å². The molecule has 9 heteroatoms. The van der Waals surface area contributed by atoms with Crippen LogP contribution in [0.25, 0.3) is 0 Å². The first kappa shape index (κ1) is 21.5. The van der Waals surface area contributed by atoms with E-state index in [2.05, 4.69) is 20.6 Å². The third kappa shape index (κ3) is 4.09. The molecule has 1 N–H and O–H groups in total. The van der Waals surface area contributed by atoms with E-state index in [4.69, 9.17) is 4.52 Å². The molecule has 2 aromatic heterocycles. The van der Waals surface area contributed by atoms with Gasteiger partial charge in [0.05, 0.1) is 11.1 Å².